The molecule has 1 amide bonds. The Hall–Kier alpha value is -3.16. The maximum atomic E-state index is 12.0. The Morgan fingerprint density at radius 3 is 2.83 bits per heavy atom. The Morgan fingerprint density at radius 2 is 2.07 bits per heavy atom. The van der Waals surface area contributed by atoms with E-state index in [4.69, 9.17) is 9.26 Å². The molecule has 0 spiro atoms. The number of amides is 1. The van der Waals surface area contributed by atoms with Crippen LogP contribution in [0.2, 0.25) is 0 Å². The summed E-state index contributed by atoms with van der Waals surface area (Å²) < 4.78 is 10.3. The third-order valence-corrected chi connectivity index (χ3v) is 5.41. The first kappa shape index (κ1) is 20.1. The Bertz CT molecular complexity index is 990. The minimum absolute atomic E-state index is 0.00719. The fourth-order valence-electron chi connectivity index (χ4n) is 3.67. The molecule has 1 saturated heterocycles. The van der Waals surface area contributed by atoms with E-state index in [2.05, 4.69) is 37.5 Å². The SMILES string of the molecule is CC(C)c1nc(COC(=O)NCC2CCN(c3nccc4ccccc34)CC2)no1. The molecule has 0 bridgehead atoms. The van der Waals surface area contributed by atoms with E-state index < -0.39 is 6.09 Å². The number of piperidine rings is 1. The normalized spacial score (nSPS) is 15.0. The van der Waals surface area contributed by atoms with Crippen LogP contribution in [0.1, 0.15) is 44.3 Å². The van der Waals surface area contributed by atoms with Crippen molar-refractivity contribution in [3.8, 4) is 0 Å². The van der Waals surface area contributed by atoms with E-state index in [-0.39, 0.29) is 12.5 Å². The van der Waals surface area contributed by atoms with Crippen LogP contribution in [-0.2, 0) is 11.3 Å². The number of aromatic nitrogens is 3. The molecule has 0 saturated carbocycles. The van der Waals surface area contributed by atoms with Crippen LogP contribution in [0.15, 0.2) is 41.1 Å². The Morgan fingerprint density at radius 1 is 1.27 bits per heavy atom. The number of rotatable bonds is 6. The minimum atomic E-state index is -0.455. The van der Waals surface area contributed by atoms with Crippen LogP contribution in [0, 0.1) is 5.92 Å². The lowest BCUT2D eigenvalue weighted by molar-refractivity contribution is 0.133. The number of ether oxygens (including phenoxy) is 1. The van der Waals surface area contributed by atoms with Crippen molar-refractivity contribution in [3.63, 3.8) is 0 Å². The first-order chi connectivity index (χ1) is 14.6. The lowest BCUT2D eigenvalue weighted by Crippen LogP contribution is -2.39. The van der Waals surface area contributed by atoms with Gasteiger partial charge in [0.15, 0.2) is 6.61 Å². The summed E-state index contributed by atoms with van der Waals surface area (Å²) in [6.45, 7) is 6.37. The maximum Gasteiger partial charge on any atom is 0.407 e. The van der Waals surface area contributed by atoms with Crippen LogP contribution >= 0.6 is 0 Å². The van der Waals surface area contributed by atoms with Crippen molar-refractivity contribution in [2.45, 2.75) is 39.2 Å². The summed E-state index contributed by atoms with van der Waals surface area (Å²) in [4.78, 5) is 23.1. The van der Waals surface area contributed by atoms with Gasteiger partial charge in [0.05, 0.1) is 0 Å². The van der Waals surface area contributed by atoms with E-state index in [0.717, 1.165) is 31.7 Å². The van der Waals surface area contributed by atoms with Gasteiger partial charge in [0.25, 0.3) is 0 Å². The number of carbonyl (C=O) groups excluding carboxylic acids is 1. The van der Waals surface area contributed by atoms with Crippen LogP contribution in [-0.4, -0.2) is 40.9 Å². The smallest absolute Gasteiger partial charge is 0.407 e. The van der Waals surface area contributed by atoms with Crippen molar-refractivity contribution in [2.24, 2.45) is 5.92 Å². The molecule has 0 aliphatic carbocycles. The molecule has 8 heteroatoms. The van der Waals surface area contributed by atoms with Gasteiger partial charge in [0, 0.05) is 37.1 Å². The van der Waals surface area contributed by atoms with Gasteiger partial charge in [-0.2, -0.15) is 4.98 Å². The molecule has 8 nitrogen and oxygen atoms in total. The van der Waals surface area contributed by atoms with Crippen molar-refractivity contribution in [1.29, 1.82) is 0 Å². The standard InChI is InChI=1S/C22H27N5O3/c1-15(2)21-25-19(26-30-21)14-29-22(28)24-13-16-8-11-27(12-9-16)20-18-6-4-3-5-17(18)7-10-23-20/h3-7,10,15-16H,8-9,11-14H2,1-2H3,(H,24,28). The highest BCUT2D eigenvalue weighted by Gasteiger charge is 2.22. The molecular formula is C22H27N5O3. The number of carbonyl (C=O) groups is 1. The maximum absolute atomic E-state index is 12.0. The highest BCUT2D eigenvalue weighted by atomic mass is 16.6. The van der Waals surface area contributed by atoms with Gasteiger partial charge in [-0.15, -0.1) is 0 Å². The van der Waals surface area contributed by atoms with E-state index >= 15 is 0 Å². The molecule has 158 valence electrons. The number of hydrogen-bond donors (Lipinski definition) is 1. The fraction of sp³-hybridized carbons (Fsp3) is 0.455. The predicted octanol–water partition coefficient (Wildman–Crippen LogP) is 3.88. The minimum Gasteiger partial charge on any atom is -0.441 e. The molecule has 30 heavy (non-hydrogen) atoms. The molecule has 1 aliphatic rings. The van der Waals surface area contributed by atoms with E-state index in [1.807, 2.05) is 38.2 Å². The number of hydrogen-bond acceptors (Lipinski definition) is 7. The monoisotopic (exact) mass is 409 g/mol. The third-order valence-electron chi connectivity index (χ3n) is 5.41. The van der Waals surface area contributed by atoms with Crippen LogP contribution in [0.5, 0.6) is 0 Å². The molecule has 1 aliphatic heterocycles. The second-order valence-corrected chi connectivity index (χ2v) is 7.95. The highest BCUT2D eigenvalue weighted by Crippen LogP contribution is 2.28. The van der Waals surface area contributed by atoms with Gasteiger partial charge in [-0.25, -0.2) is 9.78 Å². The molecule has 2 aromatic heterocycles. The van der Waals surface area contributed by atoms with Gasteiger partial charge in [0.1, 0.15) is 5.82 Å². The molecule has 0 radical (unpaired) electrons. The second kappa shape index (κ2) is 9.11. The molecule has 1 N–H and O–H groups in total. The highest BCUT2D eigenvalue weighted by molar-refractivity contribution is 5.92. The van der Waals surface area contributed by atoms with E-state index in [1.54, 1.807) is 0 Å². The number of fused-ring (bicyclic) bond motifs is 1. The van der Waals surface area contributed by atoms with Gasteiger partial charge in [-0.1, -0.05) is 43.3 Å². The van der Waals surface area contributed by atoms with Crippen molar-refractivity contribution in [2.75, 3.05) is 24.5 Å². The van der Waals surface area contributed by atoms with Crippen molar-refractivity contribution in [3.05, 3.63) is 48.2 Å². The quantitative estimate of drug-likeness (QED) is 0.660. The second-order valence-electron chi connectivity index (χ2n) is 7.95. The number of anilines is 1. The van der Waals surface area contributed by atoms with Crippen LogP contribution < -0.4 is 10.2 Å². The first-order valence-corrected chi connectivity index (χ1v) is 10.4. The number of alkyl carbamates (subject to hydrolysis) is 1. The summed E-state index contributed by atoms with van der Waals surface area (Å²) in [5.74, 6) is 2.53. The average Bonchev–Trinajstić information content (AvgIpc) is 3.26. The van der Waals surface area contributed by atoms with Crippen LogP contribution in [0.25, 0.3) is 10.8 Å². The van der Waals surface area contributed by atoms with E-state index in [9.17, 15) is 4.79 Å². The number of pyridine rings is 1. The van der Waals surface area contributed by atoms with Gasteiger partial charge in [0.2, 0.25) is 11.7 Å². The van der Waals surface area contributed by atoms with E-state index in [0.29, 0.717) is 24.2 Å². The molecule has 4 rings (SSSR count). The fourth-order valence-corrected chi connectivity index (χ4v) is 3.67. The molecule has 3 aromatic rings. The lowest BCUT2D eigenvalue weighted by atomic mass is 9.96. The summed E-state index contributed by atoms with van der Waals surface area (Å²) in [5, 5.41) is 9.06. The first-order valence-electron chi connectivity index (χ1n) is 10.4. The average molecular weight is 409 g/mol. The number of nitrogens with one attached hydrogen (secondary N) is 1. The van der Waals surface area contributed by atoms with Gasteiger partial charge < -0.3 is 19.5 Å². The Kier molecular flexibility index (Phi) is 6.11. The predicted molar refractivity (Wildman–Crippen MR) is 113 cm³/mol. The van der Waals surface area contributed by atoms with Crippen LogP contribution in [0.4, 0.5) is 10.6 Å². The third kappa shape index (κ3) is 4.69. The largest absolute Gasteiger partial charge is 0.441 e. The van der Waals surface area contributed by atoms with Gasteiger partial charge in [-0.3, -0.25) is 0 Å². The Balaban J connectivity index is 1.22. The summed E-state index contributed by atoms with van der Waals surface area (Å²) in [6, 6.07) is 10.4. The molecular weight excluding hydrogens is 382 g/mol. The Labute approximate surface area is 175 Å². The van der Waals surface area contributed by atoms with Gasteiger partial charge >= 0.3 is 6.09 Å². The zero-order valence-corrected chi connectivity index (χ0v) is 17.4. The van der Waals surface area contributed by atoms with E-state index in [1.165, 1.54) is 10.8 Å². The summed E-state index contributed by atoms with van der Waals surface area (Å²) in [7, 11) is 0. The molecule has 0 atom stereocenters. The van der Waals surface area contributed by atoms with Crippen LogP contribution in [0.3, 0.4) is 0 Å². The zero-order chi connectivity index (χ0) is 20.9. The molecule has 0 unspecified atom stereocenters. The molecule has 3 heterocycles. The van der Waals surface area contributed by atoms with Crippen molar-refractivity contribution < 1.29 is 14.1 Å². The van der Waals surface area contributed by atoms with Crippen molar-refractivity contribution >= 4 is 22.7 Å². The molecule has 1 aromatic carbocycles. The molecule has 1 fully saturated rings. The summed E-state index contributed by atoms with van der Waals surface area (Å²) in [6.07, 6.45) is 3.40. The van der Waals surface area contributed by atoms with Crippen molar-refractivity contribution in [1.82, 2.24) is 20.4 Å². The van der Waals surface area contributed by atoms with Gasteiger partial charge in [-0.05, 0) is 30.2 Å². The summed E-state index contributed by atoms with van der Waals surface area (Å²) in [5.41, 5.74) is 0. The number of benzene rings is 1. The lowest BCUT2D eigenvalue weighted by Gasteiger charge is -2.33. The number of nitrogens with zero attached hydrogens (tertiary/aromatic N) is 4. The topological polar surface area (TPSA) is 93.4 Å². The summed E-state index contributed by atoms with van der Waals surface area (Å²) >= 11 is 0. The zero-order valence-electron chi connectivity index (χ0n) is 17.4.